The number of non-ortho nitro benzene ring substituents is 1. The molecule has 0 aliphatic heterocycles. The van der Waals surface area contributed by atoms with Gasteiger partial charge in [-0.3, -0.25) is 24.5 Å². The van der Waals surface area contributed by atoms with Gasteiger partial charge in [-0.25, -0.2) is 0 Å². The predicted octanol–water partition coefficient (Wildman–Crippen LogP) is 1.17. The highest BCUT2D eigenvalue weighted by atomic mass is 16.6. The molecule has 0 unspecified atom stereocenters. The topological polar surface area (TPSA) is 128 Å². The summed E-state index contributed by atoms with van der Waals surface area (Å²) in [5.74, 6) is -1.85. The molecule has 1 aromatic carbocycles. The first-order valence-electron chi connectivity index (χ1n) is 7.81. The Morgan fingerprint density at radius 1 is 1.32 bits per heavy atom. The van der Waals surface area contributed by atoms with Crippen molar-refractivity contribution in [1.82, 2.24) is 10.6 Å². The number of hydrogen-bond acceptors (Lipinski definition) is 6. The maximum Gasteiger partial charge on any atom is 0.325 e. The monoisotopic (exact) mass is 351 g/mol. The molecule has 0 radical (unpaired) electrons. The van der Waals surface area contributed by atoms with Crippen LogP contribution in [0.3, 0.4) is 0 Å². The van der Waals surface area contributed by atoms with Crippen molar-refractivity contribution in [3.63, 3.8) is 0 Å². The lowest BCUT2D eigenvalue weighted by Crippen LogP contribution is -2.37. The van der Waals surface area contributed by atoms with Gasteiger partial charge in [0.15, 0.2) is 6.61 Å². The summed E-state index contributed by atoms with van der Waals surface area (Å²) in [6.07, 6.45) is 1.74. The van der Waals surface area contributed by atoms with Gasteiger partial charge in [0.05, 0.1) is 4.92 Å². The Balaban J connectivity index is 2.38. The van der Waals surface area contributed by atoms with Gasteiger partial charge in [-0.2, -0.15) is 0 Å². The number of hydrogen-bond donors (Lipinski definition) is 2. The van der Waals surface area contributed by atoms with Crippen LogP contribution in [-0.4, -0.2) is 41.9 Å². The van der Waals surface area contributed by atoms with Crippen LogP contribution in [0.25, 0.3) is 0 Å². The van der Waals surface area contributed by atoms with Crippen LogP contribution in [0.15, 0.2) is 24.3 Å². The minimum Gasteiger partial charge on any atom is -0.454 e. The van der Waals surface area contributed by atoms with E-state index in [1.54, 1.807) is 0 Å². The van der Waals surface area contributed by atoms with Crippen LogP contribution < -0.4 is 10.6 Å². The van der Waals surface area contributed by atoms with E-state index in [1.807, 2.05) is 13.8 Å². The Morgan fingerprint density at radius 3 is 2.68 bits per heavy atom. The first kappa shape index (κ1) is 20.1. The van der Waals surface area contributed by atoms with Crippen molar-refractivity contribution in [3.8, 4) is 0 Å². The molecule has 2 N–H and O–H groups in total. The molecular weight excluding hydrogens is 330 g/mol. The van der Waals surface area contributed by atoms with E-state index < -0.39 is 35.9 Å². The number of rotatable bonds is 9. The summed E-state index contributed by atoms with van der Waals surface area (Å²) in [6.45, 7) is 2.97. The largest absolute Gasteiger partial charge is 0.454 e. The number of benzene rings is 1. The summed E-state index contributed by atoms with van der Waals surface area (Å²) in [5.41, 5.74) is -0.179. The number of nitro benzene ring substituents is 1. The number of nitro groups is 1. The smallest absolute Gasteiger partial charge is 0.325 e. The Kier molecular flexibility index (Phi) is 8.04. The lowest BCUT2D eigenvalue weighted by atomic mass is 10.2. The minimum atomic E-state index is -0.780. The summed E-state index contributed by atoms with van der Waals surface area (Å²) in [5, 5.41) is 15.6. The fraction of sp³-hybridized carbons (Fsp3) is 0.438. The molecule has 0 aliphatic carbocycles. The van der Waals surface area contributed by atoms with Gasteiger partial charge in [0.25, 0.3) is 17.5 Å². The third-order valence-corrected chi connectivity index (χ3v) is 3.21. The van der Waals surface area contributed by atoms with E-state index >= 15 is 0 Å². The average Bonchev–Trinajstić information content (AvgIpc) is 2.58. The number of carbonyl (C=O) groups excluding carboxylic acids is 3. The number of nitrogens with zero attached hydrogens (tertiary/aromatic N) is 1. The molecule has 9 heteroatoms. The molecule has 0 saturated carbocycles. The fourth-order valence-corrected chi connectivity index (χ4v) is 2.03. The molecule has 0 heterocycles. The SMILES string of the molecule is CCC[C@@H](C)NC(=O)COC(=O)CNC(=O)c1cccc([N+](=O)[O-])c1. The van der Waals surface area contributed by atoms with E-state index in [4.69, 9.17) is 4.74 Å². The second-order valence-corrected chi connectivity index (χ2v) is 5.41. The summed E-state index contributed by atoms with van der Waals surface area (Å²) in [4.78, 5) is 45.0. The highest BCUT2D eigenvalue weighted by molar-refractivity contribution is 5.96. The third kappa shape index (κ3) is 7.42. The third-order valence-electron chi connectivity index (χ3n) is 3.21. The van der Waals surface area contributed by atoms with Crippen LogP contribution in [-0.2, 0) is 14.3 Å². The molecule has 136 valence electrons. The molecule has 0 spiro atoms. The van der Waals surface area contributed by atoms with Crippen LogP contribution in [0.1, 0.15) is 37.0 Å². The lowest BCUT2D eigenvalue weighted by Gasteiger charge is -2.12. The number of carbonyl (C=O) groups is 3. The zero-order valence-corrected chi connectivity index (χ0v) is 14.1. The van der Waals surface area contributed by atoms with Crippen LogP contribution in [0.4, 0.5) is 5.69 Å². The van der Waals surface area contributed by atoms with Gasteiger partial charge in [0.2, 0.25) is 0 Å². The fourth-order valence-electron chi connectivity index (χ4n) is 2.03. The molecule has 1 rings (SSSR count). The van der Waals surface area contributed by atoms with E-state index in [1.165, 1.54) is 18.2 Å². The summed E-state index contributed by atoms with van der Waals surface area (Å²) in [7, 11) is 0. The van der Waals surface area contributed by atoms with Crippen LogP contribution in [0.5, 0.6) is 0 Å². The zero-order chi connectivity index (χ0) is 18.8. The molecule has 0 aromatic heterocycles. The molecule has 0 saturated heterocycles. The van der Waals surface area contributed by atoms with Crippen molar-refractivity contribution in [1.29, 1.82) is 0 Å². The molecule has 1 atom stereocenters. The van der Waals surface area contributed by atoms with Crippen molar-refractivity contribution in [2.75, 3.05) is 13.2 Å². The Labute approximate surface area is 144 Å². The van der Waals surface area contributed by atoms with Gasteiger partial charge < -0.3 is 15.4 Å². The normalized spacial score (nSPS) is 11.3. The summed E-state index contributed by atoms with van der Waals surface area (Å²) in [6, 6.07) is 5.10. The van der Waals surface area contributed by atoms with E-state index in [-0.39, 0.29) is 17.3 Å². The Morgan fingerprint density at radius 2 is 2.04 bits per heavy atom. The molecule has 0 aliphatic rings. The molecule has 0 bridgehead atoms. The molecule has 9 nitrogen and oxygen atoms in total. The van der Waals surface area contributed by atoms with Crippen molar-refractivity contribution in [2.24, 2.45) is 0 Å². The number of nitrogens with one attached hydrogen (secondary N) is 2. The first-order valence-corrected chi connectivity index (χ1v) is 7.81. The van der Waals surface area contributed by atoms with Gasteiger partial charge in [-0.05, 0) is 19.4 Å². The molecule has 0 fully saturated rings. The lowest BCUT2D eigenvalue weighted by molar-refractivity contribution is -0.384. The quantitative estimate of drug-likeness (QED) is 0.390. The molecule has 2 amide bonds. The van der Waals surface area contributed by atoms with E-state index in [2.05, 4.69) is 10.6 Å². The Bertz CT molecular complexity index is 647. The first-order chi connectivity index (χ1) is 11.8. The van der Waals surface area contributed by atoms with Crippen LogP contribution in [0, 0.1) is 10.1 Å². The summed E-state index contributed by atoms with van der Waals surface area (Å²) >= 11 is 0. The van der Waals surface area contributed by atoms with Crippen molar-refractivity contribution < 1.29 is 24.0 Å². The standard InChI is InChI=1S/C16H21N3O6/c1-3-5-11(2)18-14(20)10-25-15(21)9-17-16(22)12-6-4-7-13(8-12)19(23)24/h4,6-8,11H,3,5,9-10H2,1-2H3,(H,17,22)(H,18,20)/t11-/m1/s1. The predicted molar refractivity (Wildman–Crippen MR) is 88.9 cm³/mol. The van der Waals surface area contributed by atoms with Crippen molar-refractivity contribution in [3.05, 3.63) is 39.9 Å². The number of ether oxygens (including phenoxy) is 1. The van der Waals surface area contributed by atoms with E-state index in [9.17, 15) is 24.5 Å². The van der Waals surface area contributed by atoms with Gasteiger partial charge in [-0.15, -0.1) is 0 Å². The molecule has 25 heavy (non-hydrogen) atoms. The summed E-state index contributed by atoms with van der Waals surface area (Å²) < 4.78 is 4.76. The van der Waals surface area contributed by atoms with Gasteiger partial charge in [-0.1, -0.05) is 19.4 Å². The van der Waals surface area contributed by atoms with Crippen molar-refractivity contribution in [2.45, 2.75) is 32.7 Å². The maximum absolute atomic E-state index is 11.9. The van der Waals surface area contributed by atoms with Gasteiger partial charge in [0.1, 0.15) is 6.54 Å². The second-order valence-electron chi connectivity index (χ2n) is 5.41. The number of esters is 1. The highest BCUT2D eigenvalue weighted by Crippen LogP contribution is 2.12. The minimum absolute atomic E-state index is 0.00947. The average molecular weight is 351 g/mol. The molecule has 1 aromatic rings. The number of amides is 2. The van der Waals surface area contributed by atoms with Gasteiger partial charge in [0, 0.05) is 23.7 Å². The van der Waals surface area contributed by atoms with Crippen LogP contribution in [0.2, 0.25) is 0 Å². The molecular formula is C16H21N3O6. The van der Waals surface area contributed by atoms with E-state index in [0.717, 1.165) is 18.9 Å². The maximum atomic E-state index is 11.9. The van der Waals surface area contributed by atoms with Gasteiger partial charge >= 0.3 is 5.97 Å². The van der Waals surface area contributed by atoms with E-state index in [0.29, 0.717) is 0 Å². The Hall–Kier alpha value is -2.97. The van der Waals surface area contributed by atoms with Crippen molar-refractivity contribution >= 4 is 23.5 Å². The highest BCUT2D eigenvalue weighted by Gasteiger charge is 2.14. The second kappa shape index (κ2) is 10.0. The zero-order valence-electron chi connectivity index (χ0n) is 14.1. The van der Waals surface area contributed by atoms with Crippen LogP contribution >= 0.6 is 0 Å².